The van der Waals surface area contributed by atoms with Gasteiger partial charge in [-0.2, -0.15) is 0 Å². The Bertz CT molecular complexity index is 702. The van der Waals surface area contributed by atoms with Crippen LogP contribution in [0.4, 0.5) is 4.79 Å². The maximum Gasteiger partial charge on any atom is 0.410 e. The van der Waals surface area contributed by atoms with Crippen LogP contribution in [-0.2, 0) is 15.8 Å². The fourth-order valence-electron chi connectivity index (χ4n) is 4.56. The third kappa shape index (κ3) is 5.45. The molecular weight excluding hydrogens is 394 g/mol. The Kier molecular flexibility index (Phi) is 7.00. The molecule has 3 rings (SSSR count). The Morgan fingerprint density at radius 2 is 1.77 bits per heavy atom. The van der Waals surface area contributed by atoms with Crippen molar-refractivity contribution >= 4 is 14.4 Å². The first-order chi connectivity index (χ1) is 14.0. The number of piperidine rings is 1. The molecule has 5 nitrogen and oxygen atoms in total. The van der Waals surface area contributed by atoms with Crippen LogP contribution in [0, 0.1) is 0 Å². The average molecular weight is 434 g/mol. The molecule has 1 aromatic carbocycles. The van der Waals surface area contributed by atoms with E-state index in [-0.39, 0.29) is 23.2 Å². The molecule has 1 aromatic rings. The number of hydrogen-bond donors (Lipinski definition) is 1. The monoisotopic (exact) mass is 433 g/mol. The van der Waals surface area contributed by atoms with E-state index in [1.165, 1.54) is 0 Å². The predicted molar refractivity (Wildman–Crippen MR) is 122 cm³/mol. The second-order valence-corrected chi connectivity index (χ2v) is 15.5. The van der Waals surface area contributed by atoms with E-state index in [4.69, 9.17) is 9.16 Å². The average Bonchev–Trinajstić information content (AvgIpc) is 2.96. The molecule has 0 aromatic heterocycles. The summed E-state index contributed by atoms with van der Waals surface area (Å²) in [5, 5.41) is 11.4. The van der Waals surface area contributed by atoms with Gasteiger partial charge < -0.3 is 19.2 Å². The van der Waals surface area contributed by atoms with Gasteiger partial charge in [0.25, 0.3) is 0 Å². The number of benzene rings is 1. The van der Waals surface area contributed by atoms with Crippen LogP contribution in [-0.4, -0.2) is 48.7 Å². The summed E-state index contributed by atoms with van der Waals surface area (Å²) in [4.78, 5) is 14.6. The van der Waals surface area contributed by atoms with Gasteiger partial charge in [0, 0.05) is 18.7 Å². The first-order valence-corrected chi connectivity index (χ1v) is 14.3. The van der Waals surface area contributed by atoms with Crippen molar-refractivity contribution in [2.45, 2.75) is 102 Å². The molecule has 2 heterocycles. The maximum absolute atomic E-state index is 12.7. The summed E-state index contributed by atoms with van der Waals surface area (Å²) in [7, 11) is -1.74. The summed E-state index contributed by atoms with van der Waals surface area (Å²) >= 11 is 0. The summed E-state index contributed by atoms with van der Waals surface area (Å²) in [5.74, 6) is 0. The Morgan fingerprint density at radius 3 is 2.33 bits per heavy atom. The Hall–Kier alpha value is -1.37. The molecule has 2 aliphatic rings. The van der Waals surface area contributed by atoms with E-state index in [0.29, 0.717) is 26.1 Å². The van der Waals surface area contributed by atoms with Crippen LogP contribution in [0.25, 0.3) is 0 Å². The fraction of sp³-hybridized carbons (Fsp3) is 0.708. The molecule has 2 bridgehead atoms. The molecule has 0 spiro atoms. The zero-order valence-electron chi connectivity index (χ0n) is 19.3. The van der Waals surface area contributed by atoms with Crippen molar-refractivity contribution < 1.29 is 19.1 Å². The Balaban J connectivity index is 1.48. The molecule has 2 atom stereocenters. The summed E-state index contributed by atoms with van der Waals surface area (Å²) in [5.41, 5.74) is 0.298. The molecule has 0 radical (unpaired) electrons. The van der Waals surface area contributed by atoms with Gasteiger partial charge in [0.15, 0.2) is 8.32 Å². The maximum atomic E-state index is 12.7. The van der Waals surface area contributed by atoms with Gasteiger partial charge in [-0.15, -0.1) is 0 Å². The number of amides is 1. The minimum Gasteiger partial charge on any atom is -0.445 e. The van der Waals surface area contributed by atoms with E-state index in [1.54, 1.807) is 0 Å². The molecule has 2 unspecified atom stereocenters. The molecular formula is C24H39NO4Si. The zero-order chi connectivity index (χ0) is 22.0. The summed E-state index contributed by atoms with van der Waals surface area (Å²) in [6.45, 7) is 12.3. The minimum absolute atomic E-state index is 0.0818. The van der Waals surface area contributed by atoms with Crippen LogP contribution < -0.4 is 0 Å². The molecule has 168 valence electrons. The van der Waals surface area contributed by atoms with E-state index >= 15 is 0 Å². The number of rotatable bonds is 7. The van der Waals surface area contributed by atoms with Gasteiger partial charge >= 0.3 is 6.09 Å². The molecule has 1 amide bonds. The van der Waals surface area contributed by atoms with Crippen LogP contribution >= 0.6 is 0 Å². The first kappa shape index (κ1) is 23.3. The summed E-state index contributed by atoms with van der Waals surface area (Å²) in [6.07, 6.45) is 4.55. The lowest BCUT2D eigenvalue weighted by Gasteiger charge is -2.43. The zero-order valence-corrected chi connectivity index (χ0v) is 20.3. The number of aliphatic hydroxyl groups is 1. The molecule has 2 saturated heterocycles. The predicted octanol–water partition coefficient (Wildman–Crippen LogP) is 5.48. The number of hydrogen-bond acceptors (Lipinski definition) is 4. The molecule has 0 aliphatic carbocycles. The summed E-state index contributed by atoms with van der Waals surface area (Å²) < 4.78 is 11.9. The topological polar surface area (TPSA) is 59.0 Å². The van der Waals surface area contributed by atoms with E-state index in [9.17, 15) is 9.90 Å². The molecule has 2 fully saturated rings. The number of fused-ring (bicyclic) bond motifs is 2. The number of ether oxygens (including phenoxy) is 1. The van der Waals surface area contributed by atoms with E-state index < -0.39 is 13.9 Å². The molecule has 2 aliphatic heterocycles. The first-order valence-electron chi connectivity index (χ1n) is 11.4. The van der Waals surface area contributed by atoms with Crippen molar-refractivity contribution in [3.05, 3.63) is 35.9 Å². The number of carbonyl (C=O) groups excluding carboxylic acids is 1. The lowest BCUT2D eigenvalue weighted by Crippen LogP contribution is -2.53. The van der Waals surface area contributed by atoms with Crippen molar-refractivity contribution in [2.75, 3.05) is 6.61 Å². The lowest BCUT2D eigenvalue weighted by molar-refractivity contribution is -0.0566. The number of nitrogens with zero attached hydrogens (tertiary/aromatic N) is 1. The normalized spacial score (nSPS) is 26.7. The highest BCUT2D eigenvalue weighted by Gasteiger charge is 2.49. The third-order valence-corrected chi connectivity index (χ3v) is 11.9. The Morgan fingerprint density at radius 1 is 1.17 bits per heavy atom. The number of carbonyl (C=O) groups is 1. The smallest absolute Gasteiger partial charge is 0.410 e. The fourth-order valence-corrected chi connectivity index (χ4v) is 5.65. The largest absolute Gasteiger partial charge is 0.445 e. The SMILES string of the molecule is CC(C)(C)[Si](C)(C)OCCCC1(O)CC2CCC(C1)N2C(=O)OCc1ccccc1. The van der Waals surface area contributed by atoms with Crippen molar-refractivity contribution in [3.63, 3.8) is 0 Å². The Labute approximate surface area is 182 Å². The molecule has 6 heteroatoms. The molecule has 30 heavy (non-hydrogen) atoms. The third-order valence-electron chi connectivity index (χ3n) is 7.32. The van der Waals surface area contributed by atoms with Gasteiger partial charge in [-0.25, -0.2) is 4.79 Å². The second-order valence-electron chi connectivity index (χ2n) is 10.7. The summed E-state index contributed by atoms with van der Waals surface area (Å²) in [6, 6.07) is 9.93. The van der Waals surface area contributed by atoms with Gasteiger partial charge in [0.05, 0.1) is 5.60 Å². The van der Waals surface area contributed by atoms with Crippen LogP contribution in [0.3, 0.4) is 0 Å². The van der Waals surface area contributed by atoms with Crippen molar-refractivity contribution in [1.29, 1.82) is 0 Å². The van der Waals surface area contributed by atoms with Gasteiger partial charge in [-0.3, -0.25) is 0 Å². The van der Waals surface area contributed by atoms with Crippen molar-refractivity contribution in [3.8, 4) is 0 Å². The quantitative estimate of drug-likeness (QED) is 0.457. The van der Waals surface area contributed by atoms with Gasteiger partial charge in [-0.05, 0) is 62.2 Å². The van der Waals surface area contributed by atoms with Crippen molar-refractivity contribution in [1.82, 2.24) is 4.90 Å². The minimum atomic E-state index is -1.74. The van der Waals surface area contributed by atoms with Crippen LogP contribution in [0.15, 0.2) is 30.3 Å². The molecule has 0 saturated carbocycles. The second kappa shape index (κ2) is 9.01. The standard InChI is InChI=1S/C24H39NO4Si/c1-23(2,3)30(4,5)29-15-9-14-24(27)16-20-12-13-21(17-24)25(20)22(26)28-18-19-10-7-6-8-11-19/h6-8,10-11,20-21,27H,9,12-18H2,1-5H3. The van der Waals surface area contributed by atoms with E-state index in [0.717, 1.165) is 31.2 Å². The lowest BCUT2D eigenvalue weighted by atomic mass is 9.83. The highest BCUT2D eigenvalue weighted by atomic mass is 28.4. The van der Waals surface area contributed by atoms with Gasteiger partial charge in [0.1, 0.15) is 6.61 Å². The highest BCUT2D eigenvalue weighted by molar-refractivity contribution is 6.74. The van der Waals surface area contributed by atoms with Crippen molar-refractivity contribution in [2.24, 2.45) is 0 Å². The van der Waals surface area contributed by atoms with Crippen LogP contribution in [0.5, 0.6) is 0 Å². The van der Waals surface area contributed by atoms with E-state index in [2.05, 4.69) is 33.9 Å². The molecule has 1 N–H and O–H groups in total. The van der Waals surface area contributed by atoms with E-state index in [1.807, 2.05) is 35.2 Å². The van der Waals surface area contributed by atoms with Crippen LogP contribution in [0.1, 0.15) is 64.9 Å². The van der Waals surface area contributed by atoms with Gasteiger partial charge in [-0.1, -0.05) is 51.1 Å². The van der Waals surface area contributed by atoms with Crippen LogP contribution in [0.2, 0.25) is 18.1 Å². The highest BCUT2D eigenvalue weighted by Crippen LogP contribution is 2.43. The van der Waals surface area contributed by atoms with Gasteiger partial charge in [0.2, 0.25) is 0 Å².